The summed E-state index contributed by atoms with van der Waals surface area (Å²) in [5.74, 6) is 0. The van der Waals surface area contributed by atoms with Gasteiger partial charge in [-0.3, -0.25) is 0 Å². The Morgan fingerprint density at radius 2 is 2.27 bits per heavy atom. The molecule has 0 N–H and O–H groups in total. The van der Waals surface area contributed by atoms with Crippen LogP contribution in [-0.4, -0.2) is 18.4 Å². The summed E-state index contributed by atoms with van der Waals surface area (Å²) < 4.78 is 9.69. The highest BCUT2D eigenvalue weighted by molar-refractivity contribution is 5.60. The summed E-state index contributed by atoms with van der Waals surface area (Å²) in [4.78, 5) is 10.8. The summed E-state index contributed by atoms with van der Waals surface area (Å²) in [6, 6.07) is 0. The first kappa shape index (κ1) is 8.37. The number of hydrogen-bond acceptors (Lipinski definition) is 3. The number of hydrogen-bond donors (Lipinski definition) is 0. The fraction of sp³-hybridized carbons (Fsp3) is 0.750. The first-order valence-corrected chi connectivity index (χ1v) is 3.89. The summed E-state index contributed by atoms with van der Waals surface area (Å²) in [7, 11) is 0. The lowest BCUT2D eigenvalue weighted by Gasteiger charge is -2.09. The Kier molecular flexibility index (Phi) is 2.74. The van der Waals surface area contributed by atoms with Gasteiger partial charge in [0.05, 0.1) is 0 Å². The molecule has 1 radical (unpaired) electrons. The molecule has 1 aliphatic carbocycles. The maximum atomic E-state index is 10.8. The van der Waals surface area contributed by atoms with Gasteiger partial charge in [0.25, 0.3) is 0 Å². The third kappa shape index (κ3) is 3.25. The highest BCUT2D eigenvalue weighted by atomic mass is 16.7. The quantitative estimate of drug-likeness (QED) is 0.587. The van der Waals surface area contributed by atoms with Crippen molar-refractivity contribution in [3.63, 3.8) is 0 Å². The van der Waals surface area contributed by atoms with E-state index < -0.39 is 6.16 Å². The second-order valence-electron chi connectivity index (χ2n) is 2.72. The third-order valence-electron chi connectivity index (χ3n) is 1.54. The molecule has 0 aromatic rings. The van der Waals surface area contributed by atoms with E-state index in [2.05, 4.69) is 0 Å². The minimum atomic E-state index is -0.543. The molecule has 0 amide bonds. The van der Waals surface area contributed by atoms with E-state index in [1.165, 1.54) is 0 Å². The van der Waals surface area contributed by atoms with Gasteiger partial charge in [0.2, 0.25) is 0 Å². The summed E-state index contributed by atoms with van der Waals surface area (Å²) >= 11 is 0. The molecule has 1 rings (SSSR count). The molecule has 63 valence electrons. The maximum absolute atomic E-state index is 10.8. The van der Waals surface area contributed by atoms with E-state index in [-0.39, 0.29) is 12.2 Å². The Labute approximate surface area is 66.7 Å². The lowest BCUT2D eigenvalue weighted by atomic mass is 10.3. The fourth-order valence-corrected chi connectivity index (χ4v) is 0.570. The first-order valence-electron chi connectivity index (χ1n) is 3.89. The molecule has 0 unspecified atom stereocenters. The number of carbonyl (C=O) groups is 1. The molecular weight excluding hydrogens is 144 g/mol. The van der Waals surface area contributed by atoms with Crippen LogP contribution in [-0.2, 0) is 9.47 Å². The second-order valence-corrected chi connectivity index (χ2v) is 2.72. The topological polar surface area (TPSA) is 35.5 Å². The molecule has 1 aliphatic rings. The number of carbonyl (C=O) groups excluding carboxylic acids is 1. The van der Waals surface area contributed by atoms with Crippen molar-refractivity contribution in [2.45, 2.75) is 38.9 Å². The minimum Gasteiger partial charge on any atom is -0.431 e. The second kappa shape index (κ2) is 3.60. The van der Waals surface area contributed by atoms with Crippen molar-refractivity contribution in [3.8, 4) is 0 Å². The Morgan fingerprint density at radius 1 is 1.64 bits per heavy atom. The molecule has 0 saturated heterocycles. The van der Waals surface area contributed by atoms with Crippen LogP contribution in [0.4, 0.5) is 4.79 Å². The monoisotopic (exact) mass is 157 g/mol. The summed E-state index contributed by atoms with van der Waals surface area (Å²) in [5, 5.41) is 0. The lowest BCUT2D eigenvalue weighted by molar-refractivity contribution is 0.0331. The lowest BCUT2D eigenvalue weighted by Crippen LogP contribution is -2.16. The van der Waals surface area contributed by atoms with Crippen molar-refractivity contribution >= 4 is 6.16 Å². The van der Waals surface area contributed by atoms with Gasteiger partial charge < -0.3 is 9.47 Å². The van der Waals surface area contributed by atoms with Gasteiger partial charge in [-0.15, -0.1) is 0 Å². The van der Waals surface area contributed by atoms with Gasteiger partial charge in [0.1, 0.15) is 12.2 Å². The van der Waals surface area contributed by atoms with E-state index >= 15 is 0 Å². The van der Waals surface area contributed by atoms with Crippen molar-refractivity contribution in [2.24, 2.45) is 0 Å². The Hall–Kier alpha value is -0.730. The molecule has 0 aromatic heterocycles. The van der Waals surface area contributed by atoms with E-state index in [1.54, 1.807) is 13.3 Å². The van der Waals surface area contributed by atoms with Crippen LogP contribution in [0.15, 0.2) is 0 Å². The zero-order valence-electron chi connectivity index (χ0n) is 6.87. The van der Waals surface area contributed by atoms with Crippen LogP contribution in [0.2, 0.25) is 0 Å². The highest BCUT2D eigenvalue weighted by Crippen LogP contribution is 2.24. The van der Waals surface area contributed by atoms with Gasteiger partial charge in [0, 0.05) is 0 Å². The van der Waals surface area contributed by atoms with Crippen LogP contribution in [0.5, 0.6) is 0 Å². The molecule has 0 bridgehead atoms. The number of ether oxygens (including phenoxy) is 2. The predicted molar refractivity (Wildman–Crippen MR) is 40.0 cm³/mol. The SMILES string of the molecule is C[CH][C@@H](C)OC(=O)OC1CC1. The number of rotatable bonds is 3. The fourth-order valence-electron chi connectivity index (χ4n) is 0.570. The molecule has 0 spiro atoms. The van der Waals surface area contributed by atoms with Crippen molar-refractivity contribution in [2.75, 3.05) is 0 Å². The van der Waals surface area contributed by atoms with Crippen LogP contribution in [0.25, 0.3) is 0 Å². The van der Waals surface area contributed by atoms with Crippen LogP contribution in [0.1, 0.15) is 26.7 Å². The molecule has 0 heterocycles. The van der Waals surface area contributed by atoms with E-state index in [4.69, 9.17) is 9.47 Å². The Balaban J connectivity index is 2.08. The Bertz CT molecular complexity index is 140. The zero-order chi connectivity index (χ0) is 8.27. The molecule has 0 aromatic carbocycles. The molecule has 1 atom stereocenters. The average molecular weight is 157 g/mol. The normalized spacial score (nSPS) is 19.1. The maximum Gasteiger partial charge on any atom is 0.508 e. The molecule has 11 heavy (non-hydrogen) atoms. The van der Waals surface area contributed by atoms with Crippen molar-refractivity contribution < 1.29 is 14.3 Å². The standard InChI is InChI=1S/C8H13O3/c1-3-6(2)10-8(9)11-7-4-5-7/h3,6-7H,4-5H2,1-2H3/t6-/m1/s1. The molecule has 0 aliphatic heterocycles. The van der Waals surface area contributed by atoms with E-state index in [0.29, 0.717) is 0 Å². The Morgan fingerprint density at radius 3 is 2.73 bits per heavy atom. The van der Waals surface area contributed by atoms with Crippen LogP contribution < -0.4 is 0 Å². The molecule has 3 nitrogen and oxygen atoms in total. The smallest absolute Gasteiger partial charge is 0.431 e. The third-order valence-corrected chi connectivity index (χ3v) is 1.54. The van der Waals surface area contributed by atoms with Crippen LogP contribution >= 0.6 is 0 Å². The van der Waals surface area contributed by atoms with Gasteiger partial charge in [-0.25, -0.2) is 4.79 Å². The van der Waals surface area contributed by atoms with Crippen molar-refractivity contribution in [1.29, 1.82) is 0 Å². The van der Waals surface area contributed by atoms with Gasteiger partial charge in [0.15, 0.2) is 0 Å². The summed E-state index contributed by atoms with van der Waals surface area (Å²) in [6.07, 6.45) is 3.21. The van der Waals surface area contributed by atoms with Gasteiger partial charge in [-0.1, -0.05) is 6.92 Å². The summed E-state index contributed by atoms with van der Waals surface area (Å²) in [6.45, 7) is 3.64. The molecular formula is C8H13O3. The van der Waals surface area contributed by atoms with Gasteiger partial charge >= 0.3 is 6.16 Å². The minimum absolute atomic E-state index is 0.131. The first-order chi connectivity index (χ1) is 5.22. The van der Waals surface area contributed by atoms with Crippen molar-refractivity contribution in [3.05, 3.63) is 6.42 Å². The molecule has 1 fully saturated rings. The summed E-state index contributed by atoms with van der Waals surface area (Å²) in [5.41, 5.74) is 0. The van der Waals surface area contributed by atoms with E-state index in [1.807, 2.05) is 6.92 Å². The van der Waals surface area contributed by atoms with Gasteiger partial charge in [-0.2, -0.15) is 0 Å². The van der Waals surface area contributed by atoms with E-state index in [9.17, 15) is 4.79 Å². The van der Waals surface area contributed by atoms with Crippen LogP contribution in [0, 0.1) is 6.42 Å². The van der Waals surface area contributed by atoms with Crippen molar-refractivity contribution in [1.82, 2.24) is 0 Å². The van der Waals surface area contributed by atoms with E-state index in [0.717, 1.165) is 12.8 Å². The highest BCUT2D eigenvalue weighted by Gasteiger charge is 2.27. The largest absolute Gasteiger partial charge is 0.508 e. The molecule has 1 saturated carbocycles. The van der Waals surface area contributed by atoms with Gasteiger partial charge in [-0.05, 0) is 26.2 Å². The predicted octanol–water partition coefficient (Wildman–Crippen LogP) is 1.91. The molecule has 3 heteroatoms. The zero-order valence-corrected chi connectivity index (χ0v) is 6.87. The van der Waals surface area contributed by atoms with Crippen LogP contribution in [0.3, 0.4) is 0 Å². The average Bonchev–Trinajstić information content (AvgIpc) is 2.71.